The molecule has 0 saturated heterocycles. The van der Waals surface area contributed by atoms with Crippen LogP contribution in [0.5, 0.6) is 5.88 Å². The molecule has 1 aliphatic heterocycles. The molecule has 6 nitrogen and oxygen atoms in total. The number of carbonyl (C=O) groups is 1. The van der Waals surface area contributed by atoms with Crippen molar-refractivity contribution in [1.82, 2.24) is 15.2 Å². The number of nitrogens with zero attached hydrogens (tertiary/aromatic N) is 2. The van der Waals surface area contributed by atoms with E-state index in [9.17, 15) is 9.90 Å². The highest BCUT2D eigenvalue weighted by Crippen LogP contribution is 2.33. The van der Waals surface area contributed by atoms with E-state index in [4.69, 9.17) is 4.74 Å². The molecule has 26 heavy (non-hydrogen) atoms. The molecule has 1 unspecified atom stereocenters. The monoisotopic (exact) mass is 361 g/mol. The van der Waals surface area contributed by atoms with E-state index < -0.39 is 5.60 Å². The number of nitrogens with one attached hydrogen (secondary N) is 1. The highest BCUT2D eigenvalue weighted by molar-refractivity contribution is 5.98. The third-order valence-electron chi connectivity index (χ3n) is 5.36. The van der Waals surface area contributed by atoms with Gasteiger partial charge in [-0.1, -0.05) is 12.8 Å². The van der Waals surface area contributed by atoms with Crippen LogP contribution in [0.1, 0.15) is 74.5 Å². The first-order valence-electron chi connectivity index (χ1n) is 9.62. The topological polar surface area (TPSA) is 74.7 Å². The lowest BCUT2D eigenvalue weighted by atomic mass is 10.00. The van der Waals surface area contributed by atoms with Gasteiger partial charge in [0.05, 0.1) is 30.5 Å². The van der Waals surface area contributed by atoms with E-state index in [-0.39, 0.29) is 11.9 Å². The molecule has 1 aromatic heterocycles. The number of fused-ring (bicyclic) bond motifs is 1. The van der Waals surface area contributed by atoms with Crippen LogP contribution >= 0.6 is 0 Å². The Balaban J connectivity index is 1.74. The lowest BCUT2D eigenvalue weighted by molar-refractivity contribution is 0.0610. The zero-order valence-electron chi connectivity index (χ0n) is 16.3. The molecule has 0 bridgehead atoms. The average Bonchev–Trinajstić information content (AvgIpc) is 3.19. The summed E-state index contributed by atoms with van der Waals surface area (Å²) in [6, 6.07) is 2.43. The van der Waals surface area contributed by atoms with Crippen LogP contribution in [0.25, 0.3) is 0 Å². The van der Waals surface area contributed by atoms with Crippen LogP contribution in [0.4, 0.5) is 0 Å². The van der Waals surface area contributed by atoms with E-state index >= 15 is 0 Å². The largest absolute Gasteiger partial charge is 0.481 e. The molecule has 1 amide bonds. The Hall–Kier alpha value is -1.66. The van der Waals surface area contributed by atoms with Gasteiger partial charge in [-0.25, -0.2) is 4.98 Å². The molecule has 3 rings (SSSR count). The van der Waals surface area contributed by atoms with Crippen molar-refractivity contribution in [3.63, 3.8) is 0 Å². The normalized spacial score (nSPS) is 19.1. The minimum Gasteiger partial charge on any atom is -0.481 e. The third-order valence-corrected chi connectivity index (χ3v) is 5.36. The van der Waals surface area contributed by atoms with Gasteiger partial charge in [-0.3, -0.25) is 4.79 Å². The molecule has 1 aromatic rings. The first-order chi connectivity index (χ1) is 12.3. The van der Waals surface area contributed by atoms with Gasteiger partial charge in [-0.05, 0) is 46.1 Å². The van der Waals surface area contributed by atoms with Gasteiger partial charge in [0, 0.05) is 24.2 Å². The number of rotatable bonds is 7. The fraction of sp³-hybridized carbons (Fsp3) is 0.700. The number of hydrogen-bond donors (Lipinski definition) is 2. The van der Waals surface area contributed by atoms with Crippen LogP contribution in [0.2, 0.25) is 0 Å². The van der Waals surface area contributed by atoms with Gasteiger partial charge < -0.3 is 20.1 Å². The summed E-state index contributed by atoms with van der Waals surface area (Å²) in [4.78, 5) is 19.5. The Morgan fingerprint density at radius 1 is 1.42 bits per heavy atom. The second-order valence-corrected chi connectivity index (χ2v) is 8.32. The zero-order valence-corrected chi connectivity index (χ0v) is 16.3. The number of amides is 1. The van der Waals surface area contributed by atoms with Crippen LogP contribution in [0.15, 0.2) is 6.07 Å². The number of pyridine rings is 1. The van der Waals surface area contributed by atoms with Gasteiger partial charge in [-0.15, -0.1) is 0 Å². The Morgan fingerprint density at radius 2 is 2.12 bits per heavy atom. The van der Waals surface area contributed by atoms with E-state index in [1.165, 1.54) is 12.8 Å². The molecule has 2 N–H and O–H groups in total. The van der Waals surface area contributed by atoms with E-state index in [1.807, 2.05) is 17.9 Å². The molecule has 1 fully saturated rings. The summed E-state index contributed by atoms with van der Waals surface area (Å²) in [5.41, 5.74) is 1.71. The smallest absolute Gasteiger partial charge is 0.256 e. The SMILES string of the molecule is COc1nc2c(cc1CNC(C)CC(C)(C)O)C(=O)N(C1CCCC1)C2. The van der Waals surface area contributed by atoms with Gasteiger partial charge in [0.15, 0.2) is 0 Å². The van der Waals surface area contributed by atoms with Crippen molar-refractivity contribution >= 4 is 5.91 Å². The summed E-state index contributed by atoms with van der Waals surface area (Å²) in [6.07, 6.45) is 5.24. The summed E-state index contributed by atoms with van der Waals surface area (Å²) < 4.78 is 5.47. The van der Waals surface area contributed by atoms with Gasteiger partial charge in [0.25, 0.3) is 5.91 Å². The Kier molecular flexibility index (Phi) is 5.53. The van der Waals surface area contributed by atoms with Crippen LogP contribution in [0.3, 0.4) is 0 Å². The molecule has 144 valence electrons. The quantitative estimate of drug-likeness (QED) is 0.781. The summed E-state index contributed by atoms with van der Waals surface area (Å²) in [5, 5.41) is 13.4. The fourth-order valence-electron chi connectivity index (χ4n) is 4.19. The molecule has 0 aromatic carbocycles. The molecule has 2 aliphatic rings. The highest BCUT2D eigenvalue weighted by atomic mass is 16.5. The van der Waals surface area contributed by atoms with Gasteiger partial charge in [0.2, 0.25) is 5.88 Å². The van der Waals surface area contributed by atoms with Gasteiger partial charge in [0.1, 0.15) is 0 Å². The van der Waals surface area contributed by atoms with E-state index in [0.717, 1.165) is 24.1 Å². The van der Waals surface area contributed by atoms with Crippen LogP contribution in [-0.2, 0) is 13.1 Å². The Bertz CT molecular complexity index is 663. The van der Waals surface area contributed by atoms with Crippen molar-refractivity contribution in [2.24, 2.45) is 0 Å². The molecule has 1 atom stereocenters. The average molecular weight is 361 g/mol. The van der Waals surface area contributed by atoms with Crippen molar-refractivity contribution in [2.75, 3.05) is 7.11 Å². The molecule has 2 heterocycles. The maximum atomic E-state index is 12.9. The predicted molar refractivity (Wildman–Crippen MR) is 100 cm³/mol. The highest BCUT2D eigenvalue weighted by Gasteiger charge is 2.35. The maximum absolute atomic E-state index is 12.9. The van der Waals surface area contributed by atoms with E-state index in [2.05, 4.69) is 10.3 Å². The minimum absolute atomic E-state index is 0.104. The Morgan fingerprint density at radius 3 is 2.73 bits per heavy atom. The summed E-state index contributed by atoms with van der Waals surface area (Å²) in [5.74, 6) is 0.681. The molecule has 6 heteroatoms. The summed E-state index contributed by atoms with van der Waals surface area (Å²) >= 11 is 0. The van der Waals surface area contributed by atoms with Crippen molar-refractivity contribution in [3.05, 3.63) is 22.9 Å². The zero-order chi connectivity index (χ0) is 18.9. The predicted octanol–water partition coefficient (Wildman–Crippen LogP) is 2.63. The standard InChI is InChI=1S/C20H31N3O3/c1-13(10-20(2,3)25)21-11-14-9-16-17(22-18(14)26-4)12-23(19(16)24)15-7-5-6-8-15/h9,13,15,21,25H,5-8,10-12H2,1-4H3. The lowest BCUT2D eigenvalue weighted by Gasteiger charge is -2.23. The number of hydrogen-bond acceptors (Lipinski definition) is 5. The minimum atomic E-state index is -0.718. The summed E-state index contributed by atoms with van der Waals surface area (Å²) in [6.45, 7) is 6.80. The van der Waals surface area contributed by atoms with Crippen molar-refractivity contribution < 1.29 is 14.6 Å². The van der Waals surface area contributed by atoms with E-state index in [1.54, 1.807) is 21.0 Å². The van der Waals surface area contributed by atoms with Crippen LogP contribution in [0, 0.1) is 0 Å². The number of carbonyl (C=O) groups excluding carboxylic acids is 1. The lowest BCUT2D eigenvalue weighted by Crippen LogP contribution is -2.34. The van der Waals surface area contributed by atoms with Crippen molar-refractivity contribution in [1.29, 1.82) is 0 Å². The van der Waals surface area contributed by atoms with Gasteiger partial charge >= 0.3 is 0 Å². The molecule has 1 saturated carbocycles. The maximum Gasteiger partial charge on any atom is 0.256 e. The van der Waals surface area contributed by atoms with Gasteiger partial charge in [-0.2, -0.15) is 0 Å². The first-order valence-corrected chi connectivity index (χ1v) is 9.62. The number of aromatic nitrogens is 1. The summed E-state index contributed by atoms with van der Waals surface area (Å²) in [7, 11) is 1.62. The molecule has 0 spiro atoms. The molecular weight excluding hydrogens is 330 g/mol. The van der Waals surface area contributed by atoms with Crippen LogP contribution in [-0.4, -0.2) is 45.7 Å². The molecular formula is C20H31N3O3. The first kappa shape index (κ1) is 19.1. The number of methoxy groups -OCH3 is 1. The third kappa shape index (κ3) is 4.18. The molecule has 0 radical (unpaired) electrons. The second-order valence-electron chi connectivity index (χ2n) is 8.32. The van der Waals surface area contributed by atoms with Crippen molar-refractivity contribution in [3.8, 4) is 5.88 Å². The van der Waals surface area contributed by atoms with E-state index in [0.29, 0.717) is 37.0 Å². The fourth-order valence-corrected chi connectivity index (χ4v) is 4.19. The number of aliphatic hydroxyl groups is 1. The van der Waals surface area contributed by atoms with Crippen LogP contribution < -0.4 is 10.1 Å². The molecule has 1 aliphatic carbocycles. The number of ether oxygens (including phenoxy) is 1. The second kappa shape index (κ2) is 7.53. The Labute approximate surface area is 155 Å². The van der Waals surface area contributed by atoms with Crippen molar-refractivity contribution in [2.45, 2.75) is 83.6 Å².